The van der Waals surface area contributed by atoms with E-state index in [1.54, 1.807) is 27.7 Å². The number of ether oxygens (including phenoxy) is 2. The SMILES string of the molecule is CCOC(=O)C1=C(C)N=C(C)C(C(=O)OCC)C1c1ccccc1Nc1nc(-c2c(C)cc(C)cc2C)cs1. The van der Waals surface area contributed by atoms with Crippen LogP contribution in [-0.4, -0.2) is 35.8 Å². The van der Waals surface area contributed by atoms with Crippen molar-refractivity contribution in [1.82, 2.24) is 4.98 Å². The first-order valence-electron chi connectivity index (χ1n) is 13.2. The molecular weight excluding hydrogens is 510 g/mol. The highest BCUT2D eigenvalue weighted by Crippen LogP contribution is 2.43. The van der Waals surface area contributed by atoms with Crippen LogP contribution in [0.1, 0.15) is 55.9 Å². The second kappa shape index (κ2) is 11.9. The first kappa shape index (κ1) is 28.2. The van der Waals surface area contributed by atoms with Crippen molar-refractivity contribution in [3.05, 3.63) is 75.3 Å². The largest absolute Gasteiger partial charge is 0.465 e. The van der Waals surface area contributed by atoms with Gasteiger partial charge in [0.1, 0.15) is 5.92 Å². The van der Waals surface area contributed by atoms with Crippen LogP contribution in [0, 0.1) is 26.7 Å². The highest BCUT2D eigenvalue weighted by Gasteiger charge is 2.43. The fourth-order valence-corrected chi connectivity index (χ4v) is 6.13. The molecule has 0 amide bonds. The molecule has 204 valence electrons. The quantitative estimate of drug-likeness (QED) is 0.305. The Hall–Kier alpha value is -3.78. The Morgan fingerprint density at radius 3 is 2.31 bits per heavy atom. The molecule has 39 heavy (non-hydrogen) atoms. The molecule has 0 aliphatic carbocycles. The lowest BCUT2D eigenvalue weighted by Crippen LogP contribution is -2.36. The van der Waals surface area contributed by atoms with Gasteiger partial charge in [-0.25, -0.2) is 9.78 Å². The molecule has 2 heterocycles. The molecule has 0 saturated carbocycles. The number of nitrogens with zero attached hydrogens (tertiary/aromatic N) is 2. The van der Waals surface area contributed by atoms with Gasteiger partial charge in [-0.1, -0.05) is 35.9 Å². The molecule has 8 heteroatoms. The van der Waals surface area contributed by atoms with E-state index in [2.05, 4.69) is 43.2 Å². The molecule has 1 aliphatic heterocycles. The maximum absolute atomic E-state index is 13.2. The van der Waals surface area contributed by atoms with E-state index in [1.165, 1.54) is 28.0 Å². The number of para-hydroxylation sites is 1. The van der Waals surface area contributed by atoms with E-state index in [1.807, 2.05) is 29.6 Å². The lowest BCUT2D eigenvalue weighted by molar-refractivity contribution is -0.146. The highest BCUT2D eigenvalue weighted by molar-refractivity contribution is 7.14. The summed E-state index contributed by atoms with van der Waals surface area (Å²) in [5, 5.41) is 6.22. The maximum Gasteiger partial charge on any atom is 0.336 e. The topological polar surface area (TPSA) is 89.9 Å². The summed E-state index contributed by atoms with van der Waals surface area (Å²) in [4.78, 5) is 35.9. The summed E-state index contributed by atoms with van der Waals surface area (Å²) in [7, 11) is 0. The molecule has 0 spiro atoms. The number of allylic oxidation sites excluding steroid dienone is 1. The van der Waals surface area contributed by atoms with Gasteiger partial charge >= 0.3 is 11.9 Å². The van der Waals surface area contributed by atoms with Crippen LogP contribution in [0.3, 0.4) is 0 Å². The zero-order valence-corrected chi connectivity index (χ0v) is 24.4. The lowest BCUT2D eigenvalue weighted by atomic mass is 9.75. The Labute approximate surface area is 234 Å². The third kappa shape index (κ3) is 5.81. The molecule has 2 atom stereocenters. The molecule has 0 fully saturated rings. The van der Waals surface area contributed by atoms with Crippen LogP contribution >= 0.6 is 11.3 Å². The minimum atomic E-state index is -0.763. The third-order valence-corrected chi connectivity index (χ3v) is 7.60. The number of nitrogens with one attached hydrogen (secondary N) is 1. The van der Waals surface area contributed by atoms with E-state index in [4.69, 9.17) is 14.5 Å². The Morgan fingerprint density at radius 1 is 0.974 bits per heavy atom. The molecule has 0 radical (unpaired) electrons. The van der Waals surface area contributed by atoms with E-state index in [0.717, 1.165) is 22.5 Å². The second-order valence-electron chi connectivity index (χ2n) is 9.70. The van der Waals surface area contributed by atoms with Crippen molar-refractivity contribution in [3.63, 3.8) is 0 Å². The third-order valence-electron chi connectivity index (χ3n) is 6.84. The van der Waals surface area contributed by atoms with Gasteiger partial charge < -0.3 is 14.8 Å². The Balaban J connectivity index is 1.78. The van der Waals surface area contributed by atoms with Crippen LogP contribution in [0.4, 0.5) is 10.8 Å². The number of esters is 2. The summed E-state index contributed by atoms with van der Waals surface area (Å²) < 4.78 is 10.9. The molecule has 7 nitrogen and oxygen atoms in total. The van der Waals surface area contributed by atoms with Gasteiger partial charge in [0.15, 0.2) is 5.13 Å². The smallest absolute Gasteiger partial charge is 0.336 e. The minimum Gasteiger partial charge on any atom is -0.465 e. The van der Waals surface area contributed by atoms with E-state index in [-0.39, 0.29) is 13.2 Å². The van der Waals surface area contributed by atoms with Crippen molar-refractivity contribution < 1.29 is 19.1 Å². The van der Waals surface area contributed by atoms with Crippen LogP contribution < -0.4 is 5.32 Å². The number of aliphatic imine (C=N–C) groups is 1. The number of thiazole rings is 1. The van der Waals surface area contributed by atoms with Crippen molar-refractivity contribution in [2.75, 3.05) is 18.5 Å². The lowest BCUT2D eigenvalue weighted by Gasteiger charge is -2.32. The number of carbonyl (C=O) groups excluding carboxylic acids is 2. The average Bonchev–Trinajstić information content (AvgIpc) is 3.31. The monoisotopic (exact) mass is 545 g/mol. The van der Waals surface area contributed by atoms with Gasteiger partial charge in [0.25, 0.3) is 0 Å². The van der Waals surface area contributed by atoms with E-state index < -0.39 is 23.8 Å². The summed E-state index contributed by atoms with van der Waals surface area (Å²) in [6.07, 6.45) is 0. The number of aryl methyl sites for hydroxylation is 3. The van der Waals surface area contributed by atoms with Gasteiger partial charge in [-0.3, -0.25) is 9.79 Å². The Morgan fingerprint density at radius 2 is 1.64 bits per heavy atom. The number of hydrogen-bond acceptors (Lipinski definition) is 8. The van der Waals surface area contributed by atoms with Crippen LogP contribution in [0.15, 0.2) is 58.0 Å². The maximum atomic E-state index is 13.2. The van der Waals surface area contributed by atoms with Gasteiger partial charge in [-0.2, -0.15) is 0 Å². The standard InChI is InChI=1S/C31H35N3O4S/c1-8-37-29(35)26-20(6)32-21(7)27(30(36)38-9-2)28(26)22-12-10-11-13-23(22)33-31-34-24(16-39-31)25-18(4)14-17(3)15-19(25)5/h10-16,26,28H,8-9H2,1-7H3,(H,33,34). The van der Waals surface area contributed by atoms with Crippen molar-refractivity contribution in [2.24, 2.45) is 10.9 Å². The molecule has 2 unspecified atom stereocenters. The highest BCUT2D eigenvalue weighted by atomic mass is 32.1. The van der Waals surface area contributed by atoms with Crippen LogP contribution in [0.5, 0.6) is 0 Å². The molecule has 1 aromatic heterocycles. The van der Waals surface area contributed by atoms with Crippen LogP contribution in [0.25, 0.3) is 11.3 Å². The molecule has 1 aliphatic rings. The van der Waals surface area contributed by atoms with E-state index >= 15 is 0 Å². The second-order valence-corrected chi connectivity index (χ2v) is 10.6. The fraction of sp³-hybridized carbons (Fsp3) is 0.355. The summed E-state index contributed by atoms with van der Waals surface area (Å²) in [6, 6.07) is 12.0. The number of rotatable bonds is 8. The summed E-state index contributed by atoms with van der Waals surface area (Å²) in [6.45, 7) is 13.8. The number of anilines is 2. The summed E-state index contributed by atoms with van der Waals surface area (Å²) in [5.74, 6) is -2.30. The molecular formula is C31H35N3O4S. The number of aromatic nitrogens is 1. The first-order valence-corrected chi connectivity index (χ1v) is 14.0. The van der Waals surface area contributed by atoms with Gasteiger partial charge in [0, 0.05) is 34.0 Å². The summed E-state index contributed by atoms with van der Waals surface area (Å²) in [5.41, 5.74) is 8.63. The predicted octanol–water partition coefficient (Wildman–Crippen LogP) is 7.05. The molecule has 3 aromatic rings. The van der Waals surface area contributed by atoms with E-state index in [0.29, 0.717) is 22.1 Å². The van der Waals surface area contributed by atoms with E-state index in [9.17, 15) is 9.59 Å². The molecule has 2 aromatic carbocycles. The molecule has 1 N–H and O–H groups in total. The van der Waals surface area contributed by atoms with Gasteiger partial charge in [-0.15, -0.1) is 11.3 Å². The van der Waals surface area contributed by atoms with Gasteiger partial charge in [0.2, 0.25) is 0 Å². The molecule has 4 rings (SSSR count). The van der Waals surface area contributed by atoms with Crippen molar-refractivity contribution >= 4 is 39.8 Å². The minimum absolute atomic E-state index is 0.217. The van der Waals surface area contributed by atoms with Crippen LogP contribution in [0.2, 0.25) is 0 Å². The zero-order chi connectivity index (χ0) is 28.3. The first-order chi connectivity index (χ1) is 18.7. The Kier molecular flexibility index (Phi) is 8.65. The number of carbonyl (C=O) groups is 2. The van der Waals surface area contributed by atoms with Crippen molar-refractivity contribution in [2.45, 2.75) is 54.4 Å². The van der Waals surface area contributed by atoms with Crippen molar-refractivity contribution in [1.29, 1.82) is 0 Å². The normalized spacial score (nSPS) is 17.1. The van der Waals surface area contributed by atoms with Crippen molar-refractivity contribution in [3.8, 4) is 11.3 Å². The molecule has 0 saturated heterocycles. The van der Waals surface area contributed by atoms with Crippen LogP contribution in [-0.2, 0) is 19.1 Å². The average molecular weight is 546 g/mol. The predicted molar refractivity (Wildman–Crippen MR) is 157 cm³/mol. The molecule has 0 bridgehead atoms. The zero-order valence-electron chi connectivity index (χ0n) is 23.5. The van der Waals surface area contributed by atoms with Gasteiger partial charge in [0.05, 0.1) is 24.5 Å². The fourth-order valence-electron chi connectivity index (χ4n) is 5.41. The number of hydrogen-bond donors (Lipinski definition) is 1. The van der Waals surface area contributed by atoms with Gasteiger partial charge in [-0.05, 0) is 71.2 Å². The Bertz CT molecular complexity index is 1450. The summed E-state index contributed by atoms with van der Waals surface area (Å²) >= 11 is 1.51. The number of benzene rings is 2.